The van der Waals surface area contributed by atoms with Crippen molar-refractivity contribution >= 4 is 35.1 Å². The number of aryl methyl sites for hydroxylation is 1. The second kappa shape index (κ2) is 12.3. The number of hydrogen-bond acceptors (Lipinski definition) is 7. The highest BCUT2D eigenvalue weighted by Gasteiger charge is 2.35. The molecule has 2 fully saturated rings. The maximum Gasteiger partial charge on any atom is 0.305 e. The molecule has 3 aromatic rings. The second-order valence-electron chi connectivity index (χ2n) is 11.4. The Morgan fingerprint density at radius 2 is 1.55 bits per heavy atom. The first-order chi connectivity index (χ1) is 21.2. The third-order valence-corrected chi connectivity index (χ3v) is 8.16. The first-order valence-electron chi connectivity index (χ1n) is 14.7. The first-order valence-corrected chi connectivity index (χ1v) is 14.7. The molecule has 3 amide bonds. The third-order valence-electron chi connectivity index (χ3n) is 8.16. The van der Waals surface area contributed by atoms with Crippen LogP contribution in [-0.4, -0.2) is 66.7 Å². The molecule has 3 N–H and O–H groups in total. The number of nitrogens with zero attached hydrogens (tertiary/aromatic N) is 2. The van der Waals surface area contributed by atoms with E-state index in [4.69, 9.17) is 9.47 Å². The van der Waals surface area contributed by atoms with E-state index >= 15 is 0 Å². The van der Waals surface area contributed by atoms with Gasteiger partial charge in [-0.3, -0.25) is 19.2 Å². The predicted molar refractivity (Wildman–Crippen MR) is 162 cm³/mol. The van der Waals surface area contributed by atoms with Crippen molar-refractivity contribution < 1.29 is 33.8 Å². The molecule has 1 saturated heterocycles. The molecule has 11 heteroatoms. The fraction of sp³-hybridized carbons (Fsp3) is 0.333. The number of carbonyl (C=O) groups is 4. The van der Waals surface area contributed by atoms with E-state index in [0.717, 1.165) is 24.1 Å². The number of aliphatic carboxylic acids is 1. The maximum atomic E-state index is 13.5. The lowest BCUT2D eigenvalue weighted by molar-refractivity contribution is -0.137. The minimum Gasteiger partial charge on any atom is -0.481 e. The van der Waals surface area contributed by atoms with Crippen LogP contribution in [0.4, 0.5) is 11.4 Å². The Balaban J connectivity index is 1.25. The zero-order chi connectivity index (χ0) is 30.8. The molecule has 3 aromatic carbocycles. The zero-order valence-corrected chi connectivity index (χ0v) is 24.4. The van der Waals surface area contributed by atoms with Gasteiger partial charge >= 0.3 is 5.97 Å². The molecule has 1 aliphatic carbocycles. The molecule has 0 spiro atoms. The van der Waals surface area contributed by atoms with Gasteiger partial charge in [0.25, 0.3) is 11.8 Å². The van der Waals surface area contributed by atoms with Crippen molar-refractivity contribution in [3.8, 4) is 11.5 Å². The number of benzene rings is 3. The molecule has 11 nitrogen and oxygen atoms in total. The summed E-state index contributed by atoms with van der Waals surface area (Å²) in [6.07, 6.45) is 1.62. The molecule has 6 rings (SSSR count). The predicted octanol–water partition coefficient (Wildman–Crippen LogP) is 3.98. The second-order valence-corrected chi connectivity index (χ2v) is 11.4. The lowest BCUT2D eigenvalue weighted by atomic mass is 10.0. The number of hydrogen-bond donors (Lipinski definition) is 3. The van der Waals surface area contributed by atoms with E-state index in [2.05, 4.69) is 15.5 Å². The van der Waals surface area contributed by atoms with Gasteiger partial charge in [-0.2, -0.15) is 0 Å². The van der Waals surface area contributed by atoms with Crippen LogP contribution in [-0.2, 0) is 9.59 Å². The van der Waals surface area contributed by atoms with E-state index in [1.807, 2.05) is 24.0 Å². The first kappa shape index (κ1) is 29.0. The number of carboxylic acids is 1. The summed E-state index contributed by atoms with van der Waals surface area (Å²) in [4.78, 5) is 55.1. The highest BCUT2D eigenvalue weighted by molar-refractivity contribution is 6.07. The van der Waals surface area contributed by atoms with E-state index in [1.165, 1.54) is 0 Å². The summed E-state index contributed by atoms with van der Waals surface area (Å²) in [5, 5.41) is 15.3. The number of nitrogens with one attached hydrogen (secondary N) is 2. The lowest BCUT2D eigenvalue weighted by Gasteiger charge is -2.37. The topological polar surface area (TPSA) is 138 Å². The van der Waals surface area contributed by atoms with Gasteiger partial charge in [0, 0.05) is 43.2 Å². The van der Waals surface area contributed by atoms with Crippen LogP contribution >= 0.6 is 0 Å². The smallest absolute Gasteiger partial charge is 0.305 e. The Morgan fingerprint density at radius 1 is 0.864 bits per heavy atom. The highest BCUT2D eigenvalue weighted by atomic mass is 16.7. The average Bonchev–Trinajstić information content (AvgIpc) is 3.77. The normalized spacial score (nSPS) is 16.3. The molecule has 0 radical (unpaired) electrons. The van der Waals surface area contributed by atoms with Crippen molar-refractivity contribution in [2.24, 2.45) is 5.92 Å². The van der Waals surface area contributed by atoms with Crippen molar-refractivity contribution in [1.29, 1.82) is 0 Å². The molecule has 1 atom stereocenters. The standard InChI is InChI=1S/C33H34N4O7/c1-20-2-4-21(5-3-20)25(18-30(38)39)34-31(40)23-8-10-27(36-12-14-37(15-13-36)33(42)22-6-7-22)26(16-23)35-32(41)24-9-11-28-29(17-24)44-19-43-28/h2-5,8-11,16-17,22,25H,6-7,12-15,18-19H2,1H3,(H,34,40)(H,35,41)(H,38,39). The molecule has 1 saturated carbocycles. The van der Waals surface area contributed by atoms with Gasteiger partial charge in [-0.25, -0.2) is 0 Å². The summed E-state index contributed by atoms with van der Waals surface area (Å²) in [5.41, 5.74) is 3.46. The average molecular weight is 599 g/mol. The van der Waals surface area contributed by atoms with E-state index in [9.17, 15) is 24.3 Å². The number of rotatable bonds is 9. The molecular formula is C33H34N4O7. The minimum atomic E-state index is -1.04. The van der Waals surface area contributed by atoms with Gasteiger partial charge in [0.15, 0.2) is 11.5 Å². The molecule has 44 heavy (non-hydrogen) atoms. The summed E-state index contributed by atoms with van der Waals surface area (Å²) >= 11 is 0. The van der Waals surface area contributed by atoms with Crippen molar-refractivity contribution in [1.82, 2.24) is 10.2 Å². The molecule has 2 aliphatic heterocycles. The Kier molecular flexibility index (Phi) is 8.10. The molecular weight excluding hydrogens is 564 g/mol. The van der Waals surface area contributed by atoms with Crippen molar-refractivity contribution in [2.75, 3.05) is 43.2 Å². The highest BCUT2D eigenvalue weighted by Crippen LogP contribution is 2.35. The van der Waals surface area contributed by atoms with Gasteiger partial charge in [-0.1, -0.05) is 29.8 Å². The molecule has 2 heterocycles. The van der Waals surface area contributed by atoms with Crippen LogP contribution in [0, 0.1) is 12.8 Å². The Labute approximate surface area is 254 Å². The number of piperazine rings is 1. The van der Waals surface area contributed by atoms with Crippen LogP contribution in [0.15, 0.2) is 60.7 Å². The van der Waals surface area contributed by atoms with Gasteiger partial charge in [0.2, 0.25) is 12.7 Å². The number of fused-ring (bicyclic) bond motifs is 1. The third kappa shape index (κ3) is 6.46. The van der Waals surface area contributed by atoms with Crippen LogP contribution < -0.4 is 25.0 Å². The van der Waals surface area contributed by atoms with Crippen molar-refractivity contribution in [3.05, 3.63) is 82.9 Å². The van der Waals surface area contributed by atoms with Crippen LogP contribution in [0.5, 0.6) is 11.5 Å². The number of ether oxygens (including phenoxy) is 2. The summed E-state index contributed by atoms with van der Waals surface area (Å²) in [5.74, 6) is -0.512. The summed E-state index contributed by atoms with van der Waals surface area (Å²) < 4.78 is 10.8. The Hall–Kier alpha value is -5.06. The molecule has 0 bridgehead atoms. The fourth-order valence-electron chi connectivity index (χ4n) is 5.51. The van der Waals surface area contributed by atoms with Crippen molar-refractivity contribution in [2.45, 2.75) is 32.2 Å². The summed E-state index contributed by atoms with van der Waals surface area (Å²) in [6.45, 7) is 4.31. The van der Waals surface area contributed by atoms with E-state index < -0.39 is 23.8 Å². The van der Waals surface area contributed by atoms with E-state index in [1.54, 1.807) is 48.5 Å². The van der Waals surface area contributed by atoms with Crippen LogP contribution in [0.3, 0.4) is 0 Å². The van der Waals surface area contributed by atoms with Crippen LogP contribution in [0.25, 0.3) is 0 Å². The maximum absolute atomic E-state index is 13.5. The SMILES string of the molecule is Cc1ccc(C(CC(=O)O)NC(=O)c2ccc(N3CCN(C(=O)C4CC4)CC3)c(NC(=O)c3ccc4c(c3)OCO4)c2)cc1. The number of carbonyl (C=O) groups excluding carboxylic acids is 3. The number of anilines is 2. The zero-order valence-electron chi connectivity index (χ0n) is 24.4. The van der Waals surface area contributed by atoms with Crippen LogP contribution in [0.1, 0.15) is 57.1 Å². The Bertz CT molecular complexity index is 1590. The summed E-state index contributed by atoms with van der Waals surface area (Å²) in [7, 11) is 0. The van der Waals surface area contributed by atoms with Gasteiger partial charge in [0.05, 0.1) is 23.8 Å². The minimum absolute atomic E-state index is 0.0857. The largest absolute Gasteiger partial charge is 0.481 e. The lowest BCUT2D eigenvalue weighted by Crippen LogP contribution is -2.49. The molecule has 0 aromatic heterocycles. The molecule has 1 unspecified atom stereocenters. The monoisotopic (exact) mass is 598 g/mol. The molecule has 228 valence electrons. The van der Waals surface area contributed by atoms with Gasteiger partial charge in [-0.05, 0) is 61.7 Å². The molecule has 3 aliphatic rings. The van der Waals surface area contributed by atoms with E-state index in [0.29, 0.717) is 54.5 Å². The fourth-order valence-corrected chi connectivity index (χ4v) is 5.51. The quantitative estimate of drug-likeness (QED) is 0.337. The van der Waals surface area contributed by atoms with Gasteiger partial charge in [0.1, 0.15) is 0 Å². The van der Waals surface area contributed by atoms with Crippen molar-refractivity contribution in [3.63, 3.8) is 0 Å². The van der Waals surface area contributed by atoms with E-state index in [-0.39, 0.29) is 30.6 Å². The number of carboxylic acid groups (broad SMARTS) is 1. The van der Waals surface area contributed by atoms with Gasteiger partial charge < -0.3 is 35.0 Å². The number of amides is 3. The van der Waals surface area contributed by atoms with Gasteiger partial charge in [-0.15, -0.1) is 0 Å². The Morgan fingerprint density at radius 3 is 2.25 bits per heavy atom. The summed E-state index contributed by atoms with van der Waals surface area (Å²) in [6, 6.07) is 16.6. The van der Waals surface area contributed by atoms with Crippen LogP contribution in [0.2, 0.25) is 0 Å².